The van der Waals surface area contributed by atoms with Gasteiger partial charge in [-0.1, -0.05) is 24.3 Å². The Labute approximate surface area is 177 Å². The van der Waals surface area contributed by atoms with Crippen LogP contribution in [-0.4, -0.2) is 25.6 Å². The van der Waals surface area contributed by atoms with Gasteiger partial charge in [-0.25, -0.2) is 4.79 Å². The normalized spacial score (nSPS) is 11.1. The van der Waals surface area contributed by atoms with Gasteiger partial charge >= 0.3 is 16.1 Å². The Balaban J connectivity index is 1.76. The number of nitrogens with one attached hydrogen (secondary N) is 1. The summed E-state index contributed by atoms with van der Waals surface area (Å²) in [6.07, 6.45) is 2.54. The van der Waals surface area contributed by atoms with Crippen LogP contribution in [0.5, 0.6) is 5.75 Å². The summed E-state index contributed by atoms with van der Waals surface area (Å²) in [5.41, 5.74) is 1.46. The largest absolute Gasteiger partial charge is 0.467 e. The number of para-hydroxylation sites is 1. The monoisotopic (exact) mass is 478 g/mol. The van der Waals surface area contributed by atoms with E-state index in [4.69, 9.17) is 8.60 Å². The molecule has 1 N–H and O–H groups in total. The number of nitrogens with zero attached hydrogens (tertiary/aromatic N) is 1. The first-order valence-electron chi connectivity index (χ1n) is 8.61. The van der Waals surface area contributed by atoms with Gasteiger partial charge in [-0.3, -0.25) is 0 Å². The third-order valence-corrected chi connectivity index (χ3v) is 5.06. The topological polar surface area (TPSA) is 88.9 Å². The van der Waals surface area contributed by atoms with Gasteiger partial charge in [-0.2, -0.15) is 8.42 Å². The highest BCUT2D eigenvalue weighted by Crippen LogP contribution is 2.23. The fourth-order valence-electron chi connectivity index (χ4n) is 2.59. The number of furan rings is 1. The fourth-order valence-corrected chi connectivity index (χ4v) is 3.44. The molecule has 0 bridgehead atoms. The molecule has 0 aliphatic rings. The molecule has 3 aromatic rings. The van der Waals surface area contributed by atoms with Gasteiger partial charge in [-0.15, -0.1) is 0 Å². The summed E-state index contributed by atoms with van der Waals surface area (Å²) in [6.45, 7) is 0.557. The van der Waals surface area contributed by atoms with E-state index in [2.05, 4.69) is 21.2 Å². The van der Waals surface area contributed by atoms with E-state index in [0.29, 0.717) is 11.4 Å². The quantitative estimate of drug-likeness (QED) is 0.500. The number of benzene rings is 2. The first-order chi connectivity index (χ1) is 13.8. The molecule has 0 spiro atoms. The van der Waals surface area contributed by atoms with Gasteiger partial charge in [0.05, 0.1) is 24.8 Å². The molecule has 2 aromatic carbocycles. The third kappa shape index (κ3) is 6.37. The molecule has 0 unspecified atom stereocenters. The average Bonchev–Trinajstić information content (AvgIpc) is 3.16. The number of rotatable bonds is 7. The van der Waals surface area contributed by atoms with Crippen molar-refractivity contribution in [3.63, 3.8) is 0 Å². The molecule has 2 amide bonds. The highest BCUT2D eigenvalue weighted by atomic mass is 79.9. The second kappa shape index (κ2) is 9.15. The van der Waals surface area contributed by atoms with Gasteiger partial charge in [-0.05, 0) is 57.9 Å². The van der Waals surface area contributed by atoms with Crippen LogP contribution < -0.4 is 9.50 Å². The highest BCUT2D eigenvalue weighted by molar-refractivity contribution is 9.10. The van der Waals surface area contributed by atoms with Gasteiger partial charge in [0.1, 0.15) is 11.5 Å². The van der Waals surface area contributed by atoms with Gasteiger partial charge in [0.2, 0.25) is 0 Å². The summed E-state index contributed by atoms with van der Waals surface area (Å²) in [5, 5.41) is 2.88. The average molecular weight is 479 g/mol. The number of amides is 2. The minimum atomic E-state index is -3.59. The van der Waals surface area contributed by atoms with Crippen LogP contribution in [-0.2, 0) is 23.2 Å². The van der Waals surface area contributed by atoms with E-state index in [9.17, 15) is 13.2 Å². The van der Waals surface area contributed by atoms with E-state index in [1.54, 1.807) is 53.6 Å². The van der Waals surface area contributed by atoms with Crippen LogP contribution in [0.1, 0.15) is 11.3 Å². The molecule has 0 fully saturated rings. The number of carbonyl (C=O) groups excluding carboxylic acids is 1. The molecule has 0 aliphatic carbocycles. The fraction of sp³-hybridized carbons (Fsp3) is 0.150. The Morgan fingerprint density at radius 2 is 1.79 bits per heavy atom. The second-order valence-corrected chi connectivity index (χ2v) is 8.71. The van der Waals surface area contributed by atoms with Crippen LogP contribution in [0.15, 0.2) is 75.8 Å². The lowest BCUT2D eigenvalue weighted by atomic mass is 10.2. The Morgan fingerprint density at radius 3 is 2.41 bits per heavy atom. The highest BCUT2D eigenvalue weighted by Gasteiger charge is 2.17. The lowest BCUT2D eigenvalue weighted by Crippen LogP contribution is -2.34. The maximum Gasteiger partial charge on any atom is 0.322 e. The van der Waals surface area contributed by atoms with E-state index in [-0.39, 0.29) is 24.9 Å². The molecule has 1 aromatic heterocycles. The number of carbonyl (C=O) groups is 1. The van der Waals surface area contributed by atoms with Crippen molar-refractivity contribution in [2.24, 2.45) is 0 Å². The standard InChI is InChI=1S/C20H19BrN2O5S/c1-29(25,26)28-16-10-8-15(9-11-16)13-23(14-17-5-4-12-27-17)20(24)22-19-7-3-2-6-18(19)21/h2-12H,13-14H2,1H3,(H,22,24). The van der Waals surface area contributed by atoms with Crippen LogP contribution in [0.3, 0.4) is 0 Å². The molecule has 9 heteroatoms. The first kappa shape index (κ1) is 20.9. The maximum absolute atomic E-state index is 12.9. The van der Waals surface area contributed by atoms with Crippen molar-refractivity contribution < 1.29 is 21.8 Å². The smallest absolute Gasteiger partial charge is 0.322 e. The Morgan fingerprint density at radius 1 is 1.07 bits per heavy atom. The summed E-state index contributed by atoms with van der Waals surface area (Å²) in [7, 11) is -3.59. The summed E-state index contributed by atoms with van der Waals surface area (Å²) in [6, 6.07) is 17.1. The van der Waals surface area contributed by atoms with Gasteiger partial charge in [0, 0.05) is 11.0 Å². The molecular weight excluding hydrogens is 460 g/mol. The van der Waals surface area contributed by atoms with Crippen molar-refractivity contribution in [1.29, 1.82) is 0 Å². The number of hydrogen-bond donors (Lipinski definition) is 1. The predicted octanol–water partition coefficient (Wildman–Crippen LogP) is 4.61. The van der Waals surface area contributed by atoms with Crippen molar-refractivity contribution in [2.75, 3.05) is 11.6 Å². The zero-order chi connectivity index (χ0) is 20.9. The first-order valence-corrected chi connectivity index (χ1v) is 11.2. The number of urea groups is 1. The van der Waals surface area contributed by atoms with Crippen LogP contribution in [0, 0.1) is 0 Å². The van der Waals surface area contributed by atoms with Gasteiger partial charge < -0.3 is 18.8 Å². The molecule has 152 valence electrons. The number of halogens is 1. The minimum absolute atomic E-state index is 0.214. The van der Waals surface area contributed by atoms with E-state index in [1.807, 2.05) is 18.2 Å². The Hall–Kier alpha value is -2.78. The summed E-state index contributed by atoms with van der Waals surface area (Å²) < 4.78 is 33.5. The van der Waals surface area contributed by atoms with E-state index < -0.39 is 10.1 Å². The van der Waals surface area contributed by atoms with Crippen molar-refractivity contribution in [2.45, 2.75) is 13.1 Å². The summed E-state index contributed by atoms with van der Waals surface area (Å²) >= 11 is 3.42. The Bertz CT molecular complexity index is 1070. The Kier molecular flexibility index (Phi) is 6.60. The van der Waals surface area contributed by atoms with Crippen LogP contribution in [0.25, 0.3) is 0 Å². The molecule has 29 heavy (non-hydrogen) atoms. The molecule has 0 saturated carbocycles. The second-order valence-electron chi connectivity index (χ2n) is 6.28. The van der Waals surface area contributed by atoms with Crippen LogP contribution >= 0.6 is 15.9 Å². The number of hydrogen-bond acceptors (Lipinski definition) is 5. The lowest BCUT2D eigenvalue weighted by Gasteiger charge is -2.23. The molecule has 7 nitrogen and oxygen atoms in total. The van der Waals surface area contributed by atoms with Crippen molar-refractivity contribution >= 4 is 37.8 Å². The molecule has 3 rings (SSSR count). The zero-order valence-electron chi connectivity index (χ0n) is 15.5. The molecular formula is C20H19BrN2O5S. The van der Waals surface area contributed by atoms with Crippen molar-refractivity contribution in [3.05, 3.63) is 82.7 Å². The molecule has 0 radical (unpaired) electrons. The molecule has 0 atom stereocenters. The summed E-state index contributed by atoms with van der Waals surface area (Å²) in [4.78, 5) is 14.5. The van der Waals surface area contributed by atoms with Crippen molar-refractivity contribution in [1.82, 2.24) is 4.90 Å². The minimum Gasteiger partial charge on any atom is -0.467 e. The predicted molar refractivity (Wildman–Crippen MR) is 113 cm³/mol. The molecule has 0 aliphatic heterocycles. The van der Waals surface area contributed by atoms with Gasteiger partial charge in [0.15, 0.2) is 0 Å². The van der Waals surface area contributed by atoms with E-state index >= 15 is 0 Å². The van der Waals surface area contributed by atoms with Crippen LogP contribution in [0.4, 0.5) is 10.5 Å². The lowest BCUT2D eigenvalue weighted by molar-refractivity contribution is 0.201. The zero-order valence-corrected chi connectivity index (χ0v) is 17.9. The van der Waals surface area contributed by atoms with E-state index in [0.717, 1.165) is 16.3 Å². The van der Waals surface area contributed by atoms with Crippen molar-refractivity contribution in [3.8, 4) is 5.75 Å². The van der Waals surface area contributed by atoms with Gasteiger partial charge in [0.25, 0.3) is 0 Å². The molecule has 0 saturated heterocycles. The van der Waals surface area contributed by atoms with E-state index in [1.165, 1.54) is 0 Å². The molecule has 1 heterocycles. The third-order valence-electron chi connectivity index (χ3n) is 3.87. The number of anilines is 1. The SMILES string of the molecule is CS(=O)(=O)Oc1ccc(CN(Cc2ccco2)C(=O)Nc2ccccc2Br)cc1. The summed E-state index contributed by atoms with van der Waals surface area (Å²) in [5.74, 6) is 0.857. The van der Waals surface area contributed by atoms with Crippen LogP contribution in [0.2, 0.25) is 0 Å². The maximum atomic E-state index is 12.9.